The van der Waals surface area contributed by atoms with Crippen molar-refractivity contribution in [1.29, 1.82) is 0 Å². The second kappa shape index (κ2) is 5.26. The van der Waals surface area contributed by atoms with Crippen LogP contribution < -0.4 is 0 Å². The Bertz CT molecular complexity index is 286. The first kappa shape index (κ1) is 10.6. The molecule has 82 valence electrons. The molecule has 1 aliphatic rings. The van der Waals surface area contributed by atoms with Gasteiger partial charge >= 0.3 is 0 Å². The molecule has 0 spiro atoms. The molecule has 1 fully saturated rings. The third kappa shape index (κ3) is 2.78. The summed E-state index contributed by atoms with van der Waals surface area (Å²) in [7, 11) is 0. The first-order valence-corrected chi connectivity index (χ1v) is 5.33. The van der Waals surface area contributed by atoms with Gasteiger partial charge in [-0.3, -0.25) is 0 Å². The topological polar surface area (TPSA) is 27.7 Å². The molecule has 15 heavy (non-hydrogen) atoms. The molecular formula is C12H16O3. The molecule has 0 amide bonds. The van der Waals surface area contributed by atoms with Crippen molar-refractivity contribution in [2.45, 2.75) is 25.9 Å². The lowest BCUT2D eigenvalue weighted by Crippen LogP contribution is -2.15. The highest BCUT2D eigenvalue weighted by atomic mass is 16.8. The van der Waals surface area contributed by atoms with E-state index < -0.39 is 0 Å². The summed E-state index contributed by atoms with van der Waals surface area (Å²) >= 11 is 0. The Morgan fingerprint density at radius 3 is 2.87 bits per heavy atom. The summed E-state index contributed by atoms with van der Waals surface area (Å²) in [4.78, 5) is 0. The highest BCUT2D eigenvalue weighted by molar-refractivity contribution is 5.16. The van der Waals surface area contributed by atoms with E-state index in [4.69, 9.17) is 14.2 Å². The number of rotatable bonds is 4. The van der Waals surface area contributed by atoms with E-state index in [1.54, 1.807) is 0 Å². The molecular weight excluding hydrogens is 192 g/mol. The van der Waals surface area contributed by atoms with E-state index in [0.29, 0.717) is 6.61 Å². The maximum Gasteiger partial charge on any atom is 0.187 e. The lowest BCUT2D eigenvalue weighted by molar-refractivity contribution is -0.145. The minimum absolute atomic E-state index is 0.213. The van der Waals surface area contributed by atoms with Crippen LogP contribution in [0.1, 0.15) is 25.2 Å². The summed E-state index contributed by atoms with van der Waals surface area (Å²) in [6, 6.07) is 9.91. The molecule has 0 saturated carbocycles. The van der Waals surface area contributed by atoms with Gasteiger partial charge in [-0.15, -0.1) is 0 Å². The Kier molecular flexibility index (Phi) is 3.72. The first-order chi connectivity index (χ1) is 7.40. The van der Waals surface area contributed by atoms with Crippen molar-refractivity contribution in [1.82, 2.24) is 0 Å². The molecule has 1 aliphatic heterocycles. The van der Waals surface area contributed by atoms with Crippen molar-refractivity contribution in [3.05, 3.63) is 35.9 Å². The van der Waals surface area contributed by atoms with Gasteiger partial charge in [0.15, 0.2) is 12.6 Å². The number of hydrogen-bond donors (Lipinski definition) is 0. The van der Waals surface area contributed by atoms with Gasteiger partial charge in [-0.2, -0.15) is 0 Å². The zero-order chi connectivity index (χ0) is 10.5. The summed E-state index contributed by atoms with van der Waals surface area (Å²) in [5, 5.41) is 0. The van der Waals surface area contributed by atoms with E-state index in [9.17, 15) is 0 Å². The van der Waals surface area contributed by atoms with Gasteiger partial charge in [0.25, 0.3) is 0 Å². The Morgan fingerprint density at radius 2 is 2.13 bits per heavy atom. The van der Waals surface area contributed by atoms with Gasteiger partial charge in [-0.1, -0.05) is 37.3 Å². The number of benzene rings is 1. The van der Waals surface area contributed by atoms with E-state index in [-0.39, 0.29) is 12.6 Å². The van der Waals surface area contributed by atoms with Gasteiger partial charge in [0.2, 0.25) is 0 Å². The highest BCUT2D eigenvalue weighted by Gasteiger charge is 2.27. The monoisotopic (exact) mass is 208 g/mol. The zero-order valence-electron chi connectivity index (χ0n) is 8.89. The van der Waals surface area contributed by atoms with Gasteiger partial charge < -0.3 is 14.2 Å². The third-order valence-corrected chi connectivity index (χ3v) is 2.24. The van der Waals surface area contributed by atoms with Crippen LogP contribution in [0, 0.1) is 0 Å². The fourth-order valence-electron chi connectivity index (χ4n) is 1.50. The van der Waals surface area contributed by atoms with Crippen LogP contribution in [-0.2, 0) is 14.2 Å². The largest absolute Gasteiger partial charge is 0.350 e. The van der Waals surface area contributed by atoms with Crippen LogP contribution in [-0.4, -0.2) is 19.5 Å². The summed E-state index contributed by atoms with van der Waals surface area (Å²) in [5.41, 5.74) is 1.04. The first-order valence-electron chi connectivity index (χ1n) is 5.33. The average Bonchev–Trinajstić information content (AvgIpc) is 2.76. The molecule has 0 radical (unpaired) electrons. The Balaban J connectivity index is 1.87. The Hall–Kier alpha value is -0.900. The minimum Gasteiger partial charge on any atom is -0.350 e. The number of hydrogen-bond acceptors (Lipinski definition) is 3. The lowest BCUT2D eigenvalue weighted by Gasteiger charge is -2.11. The van der Waals surface area contributed by atoms with Crippen LogP contribution in [0.15, 0.2) is 30.3 Å². The lowest BCUT2D eigenvalue weighted by atomic mass is 10.2. The van der Waals surface area contributed by atoms with Gasteiger partial charge in [-0.05, 0) is 6.42 Å². The van der Waals surface area contributed by atoms with Crippen molar-refractivity contribution < 1.29 is 14.2 Å². The molecule has 3 nitrogen and oxygen atoms in total. The van der Waals surface area contributed by atoms with E-state index in [1.165, 1.54) is 0 Å². The average molecular weight is 208 g/mol. The van der Waals surface area contributed by atoms with Crippen molar-refractivity contribution in [2.24, 2.45) is 0 Å². The van der Waals surface area contributed by atoms with Crippen molar-refractivity contribution in [3.8, 4) is 0 Å². The molecule has 3 heteroatoms. The van der Waals surface area contributed by atoms with E-state index >= 15 is 0 Å². The van der Waals surface area contributed by atoms with Gasteiger partial charge in [0.1, 0.15) is 6.61 Å². The quantitative estimate of drug-likeness (QED) is 0.760. The minimum atomic E-state index is -0.270. The maximum absolute atomic E-state index is 5.61. The molecule has 2 rings (SSSR count). The summed E-state index contributed by atoms with van der Waals surface area (Å²) in [6.07, 6.45) is 0.513. The molecule has 1 saturated heterocycles. The van der Waals surface area contributed by atoms with Crippen LogP contribution in [0.3, 0.4) is 0 Å². The summed E-state index contributed by atoms with van der Waals surface area (Å²) in [6.45, 7) is 3.31. The SMILES string of the molecule is CCCOC1COC(c2ccccc2)O1. The van der Waals surface area contributed by atoms with Crippen molar-refractivity contribution >= 4 is 0 Å². The van der Waals surface area contributed by atoms with Crippen LogP contribution >= 0.6 is 0 Å². The molecule has 0 aromatic heterocycles. The van der Waals surface area contributed by atoms with E-state index in [2.05, 4.69) is 6.92 Å². The smallest absolute Gasteiger partial charge is 0.187 e. The van der Waals surface area contributed by atoms with Crippen LogP contribution in [0.2, 0.25) is 0 Å². The maximum atomic E-state index is 5.61. The van der Waals surface area contributed by atoms with Gasteiger partial charge in [-0.25, -0.2) is 0 Å². The third-order valence-electron chi connectivity index (χ3n) is 2.24. The van der Waals surface area contributed by atoms with Gasteiger partial charge in [0.05, 0.1) is 0 Å². The molecule has 1 aromatic carbocycles. The normalized spacial score (nSPS) is 25.7. The molecule has 1 heterocycles. The van der Waals surface area contributed by atoms with Crippen molar-refractivity contribution in [2.75, 3.05) is 13.2 Å². The zero-order valence-corrected chi connectivity index (χ0v) is 8.89. The molecule has 0 aliphatic carbocycles. The Labute approximate surface area is 90.0 Å². The second-order valence-corrected chi connectivity index (χ2v) is 3.51. The predicted molar refractivity (Wildman–Crippen MR) is 56.3 cm³/mol. The standard InChI is InChI=1S/C12H16O3/c1-2-8-13-11-9-14-12(15-11)10-6-4-3-5-7-10/h3-7,11-12H,2,8-9H2,1H3. The van der Waals surface area contributed by atoms with Crippen molar-refractivity contribution in [3.63, 3.8) is 0 Å². The number of ether oxygens (including phenoxy) is 3. The molecule has 2 unspecified atom stereocenters. The molecule has 0 bridgehead atoms. The van der Waals surface area contributed by atoms with Crippen LogP contribution in [0.5, 0.6) is 0 Å². The summed E-state index contributed by atoms with van der Waals surface area (Å²) in [5.74, 6) is 0. The molecule has 0 N–H and O–H groups in total. The van der Waals surface area contributed by atoms with E-state index in [1.807, 2.05) is 30.3 Å². The Morgan fingerprint density at radius 1 is 1.33 bits per heavy atom. The fourth-order valence-corrected chi connectivity index (χ4v) is 1.50. The van der Waals surface area contributed by atoms with Crippen LogP contribution in [0.25, 0.3) is 0 Å². The molecule has 1 aromatic rings. The summed E-state index contributed by atoms with van der Waals surface area (Å²) < 4.78 is 16.6. The van der Waals surface area contributed by atoms with E-state index in [0.717, 1.165) is 18.6 Å². The highest BCUT2D eigenvalue weighted by Crippen LogP contribution is 2.26. The predicted octanol–water partition coefficient (Wildman–Crippen LogP) is 2.48. The fraction of sp³-hybridized carbons (Fsp3) is 0.500. The van der Waals surface area contributed by atoms with Crippen LogP contribution in [0.4, 0.5) is 0 Å². The molecule has 2 atom stereocenters. The second-order valence-electron chi connectivity index (χ2n) is 3.51. The van der Waals surface area contributed by atoms with Gasteiger partial charge in [0, 0.05) is 12.2 Å².